The maximum absolute atomic E-state index is 13.6. The Labute approximate surface area is 119 Å². The van der Waals surface area contributed by atoms with Crippen LogP contribution in [-0.4, -0.2) is 37.1 Å². The van der Waals surface area contributed by atoms with Crippen LogP contribution in [0.15, 0.2) is 36.9 Å². The molecule has 20 heavy (non-hydrogen) atoms. The average molecular weight is 277 g/mol. The van der Waals surface area contributed by atoms with Gasteiger partial charge < -0.3 is 9.64 Å². The second-order valence-electron chi connectivity index (χ2n) is 5.04. The van der Waals surface area contributed by atoms with Crippen molar-refractivity contribution in [3.8, 4) is 0 Å². The highest BCUT2D eigenvalue weighted by atomic mass is 19.1. The van der Waals surface area contributed by atoms with Gasteiger partial charge in [0.1, 0.15) is 5.82 Å². The minimum Gasteiger partial charge on any atom is -0.377 e. The van der Waals surface area contributed by atoms with E-state index in [0.717, 1.165) is 12.8 Å². The van der Waals surface area contributed by atoms with Crippen molar-refractivity contribution >= 4 is 5.91 Å². The zero-order chi connectivity index (χ0) is 14.4. The van der Waals surface area contributed by atoms with Gasteiger partial charge in [0.25, 0.3) is 5.91 Å². The molecule has 0 spiro atoms. The van der Waals surface area contributed by atoms with E-state index in [1.165, 1.54) is 12.1 Å². The van der Waals surface area contributed by atoms with Crippen LogP contribution in [0.5, 0.6) is 0 Å². The van der Waals surface area contributed by atoms with Gasteiger partial charge in [0.05, 0.1) is 12.2 Å². The van der Waals surface area contributed by atoms with Crippen molar-refractivity contribution in [1.82, 2.24) is 4.90 Å². The summed E-state index contributed by atoms with van der Waals surface area (Å²) in [6.07, 6.45) is 3.53. The number of likely N-dealkylation sites (tertiary alicyclic amines) is 1. The lowest BCUT2D eigenvalue weighted by molar-refractivity contribution is 0.0572. The molecule has 0 unspecified atom stereocenters. The molecule has 0 aliphatic carbocycles. The summed E-state index contributed by atoms with van der Waals surface area (Å²) in [5.41, 5.74) is 0.161. The number of rotatable bonds is 5. The lowest BCUT2D eigenvalue weighted by Gasteiger charge is -2.32. The zero-order valence-corrected chi connectivity index (χ0v) is 11.6. The van der Waals surface area contributed by atoms with Crippen molar-refractivity contribution in [3.05, 3.63) is 48.3 Å². The van der Waals surface area contributed by atoms with E-state index in [2.05, 4.69) is 6.58 Å². The Morgan fingerprint density at radius 2 is 2.10 bits per heavy atom. The van der Waals surface area contributed by atoms with Gasteiger partial charge in [0.15, 0.2) is 0 Å². The molecule has 108 valence electrons. The number of hydrogen-bond acceptors (Lipinski definition) is 2. The molecule has 0 radical (unpaired) electrons. The van der Waals surface area contributed by atoms with Crippen molar-refractivity contribution in [2.24, 2.45) is 5.92 Å². The summed E-state index contributed by atoms with van der Waals surface area (Å²) >= 11 is 0. The Hall–Kier alpha value is -1.68. The maximum Gasteiger partial charge on any atom is 0.256 e. The summed E-state index contributed by atoms with van der Waals surface area (Å²) in [4.78, 5) is 14.0. The summed E-state index contributed by atoms with van der Waals surface area (Å²) in [6.45, 7) is 6.20. The third-order valence-electron chi connectivity index (χ3n) is 3.60. The van der Waals surface area contributed by atoms with Crippen LogP contribution in [0.4, 0.5) is 4.39 Å². The second kappa shape index (κ2) is 7.20. The molecular weight excluding hydrogens is 257 g/mol. The van der Waals surface area contributed by atoms with E-state index >= 15 is 0 Å². The van der Waals surface area contributed by atoms with Gasteiger partial charge in [-0.3, -0.25) is 4.79 Å². The van der Waals surface area contributed by atoms with Crippen molar-refractivity contribution in [3.63, 3.8) is 0 Å². The number of carbonyl (C=O) groups excluding carboxylic acids is 1. The first-order valence-electron chi connectivity index (χ1n) is 6.95. The number of halogens is 1. The maximum atomic E-state index is 13.6. The van der Waals surface area contributed by atoms with Gasteiger partial charge in [0.2, 0.25) is 0 Å². The van der Waals surface area contributed by atoms with Gasteiger partial charge in [-0.15, -0.1) is 6.58 Å². The molecule has 0 N–H and O–H groups in total. The molecule has 1 heterocycles. The van der Waals surface area contributed by atoms with E-state index in [0.29, 0.717) is 32.2 Å². The fourth-order valence-corrected chi connectivity index (χ4v) is 2.43. The predicted molar refractivity (Wildman–Crippen MR) is 76.0 cm³/mol. The molecule has 1 aliphatic heterocycles. The fourth-order valence-electron chi connectivity index (χ4n) is 2.43. The molecule has 3 nitrogen and oxygen atoms in total. The number of ether oxygens (including phenoxy) is 1. The standard InChI is InChI=1S/C16H20FNO2/c1-2-11-20-12-13-7-9-18(10-8-13)16(19)14-5-3-4-6-15(14)17/h2-6,13H,1,7-12H2. The minimum absolute atomic E-state index is 0.161. The van der Waals surface area contributed by atoms with Gasteiger partial charge in [-0.05, 0) is 30.9 Å². The number of benzene rings is 1. The van der Waals surface area contributed by atoms with Crippen molar-refractivity contribution in [1.29, 1.82) is 0 Å². The molecule has 1 amide bonds. The second-order valence-corrected chi connectivity index (χ2v) is 5.04. The van der Waals surface area contributed by atoms with Gasteiger partial charge in [0, 0.05) is 19.7 Å². The molecule has 2 rings (SSSR count). The third-order valence-corrected chi connectivity index (χ3v) is 3.60. The van der Waals surface area contributed by atoms with E-state index in [1.807, 2.05) is 0 Å². The molecule has 1 aromatic carbocycles. The van der Waals surface area contributed by atoms with Crippen LogP contribution in [0, 0.1) is 11.7 Å². The number of piperidine rings is 1. The highest BCUT2D eigenvalue weighted by molar-refractivity contribution is 5.94. The smallest absolute Gasteiger partial charge is 0.256 e. The Bertz CT molecular complexity index is 467. The minimum atomic E-state index is -0.450. The lowest BCUT2D eigenvalue weighted by atomic mass is 9.97. The van der Waals surface area contributed by atoms with Gasteiger partial charge in [-0.25, -0.2) is 4.39 Å². The number of carbonyl (C=O) groups is 1. The number of hydrogen-bond donors (Lipinski definition) is 0. The van der Waals surface area contributed by atoms with E-state index in [4.69, 9.17) is 4.74 Å². The molecule has 0 bridgehead atoms. The largest absolute Gasteiger partial charge is 0.377 e. The van der Waals surface area contributed by atoms with Crippen molar-refractivity contribution in [2.45, 2.75) is 12.8 Å². The summed E-state index contributed by atoms with van der Waals surface area (Å²) in [5, 5.41) is 0. The zero-order valence-electron chi connectivity index (χ0n) is 11.6. The highest BCUT2D eigenvalue weighted by Gasteiger charge is 2.24. The van der Waals surface area contributed by atoms with E-state index in [-0.39, 0.29) is 11.5 Å². The Morgan fingerprint density at radius 1 is 1.40 bits per heavy atom. The Balaban J connectivity index is 1.86. The van der Waals surface area contributed by atoms with Gasteiger partial charge in [-0.1, -0.05) is 18.2 Å². The molecule has 4 heteroatoms. The fraction of sp³-hybridized carbons (Fsp3) is 0.438. The molecule has 1 saturated heterocycles. The summed E-state index contributed by atoms with van der Waals surface area (Å²) in [6, 6.07) is 6.14. The van der Waals surface area contributed by atoms with Crippen LogP contribution in [0.3, 0.4) is 0 Å². The highest BCUT2D eigenvalue weighted by Crippen LogP contribution is 2.20. The first-order valence-corrected chi connectivity index (χ1v) is 6.95. The van der Waals surface area contributed by atoms with Crippen LogP contribution in [-0.2, 0) is 4.74 Å². The molecule has 1 aliphatic rings. The molecule has 1 fully saturated rings. The molecule has 0 aromatic heterocycles. The lowest BCUT2D eigenvalue weighted by Crippen LogP contribution is -2.39. The van der Waals surface area contributed by atoms with E-state index in [9.17, 15) is 9.18 Å². The monoisotopic (exact) mass is 277 g/mol. The predicted octanol–water partition coefficient (Wildman–Crippen LogP) is 2.88. The normalized spacial score (nSPS) is 16.1. The van der Waals surface area contributed by atoms with E-state index in [1.54, 1.807) is 23.1 Å². The van der Waals surface area contributed by atoms with Crippen LogP contribution in [0.2, 0.25) is 0 Å². The average Bonchev–Trinajstić information content (AvgIpc) is 2.48. The van der Waals surface area contributed by atoms with Crippen LogP contribution >= 0.6 is 0 Å². The quantitative estimate of drug-likeness (QED) is 0.612. The molecule has 0 atom stereocenters. The summed E-state index contributed by atoms with van der Waals surface area (Å²) in [7, 11) is 0. The molecule has 1 aromatic rings. The Kier molecular flexibility index (Phi) is 5.30. The van der Waals surface area contributed by atoms with Crippen molar-refractivity contribution in [2.75, 3.05) is 26.3 Å². The van der Waals surface area contributed by atoms with Crippen molar-refractivity contribution < 1.29 is 13.9 Å². The topological polar surface area (TPSA) is 29.5 Å². The van der Waals surface area contributed by atoms with Crippen LogP contribution in [0.1, 0.15) is 23.2 Å². The molecular formula is C16H20FNO2. The SMILES string of the molecule is C=CCOCC1CCN(C(=O)c2ccccc2F)CC1. The first kappa shape index (κ1) is 14.7. The summed E-state index contributed by atoms with van der Waals surface area (Å²) < 4.78 is 19.0. The van der Waals surface area contributed by atoms with Gasteiger partial charge >= 0.3 is 0 Å². The summed E-state index contributed by atoms with van der Waals surface area (Å²) in [5.74, 6) is -0.192. The van der Waals surface area contributed by atoms with E-state index < -0.39 is 5.82 Å². The third kappa shape index (κ3) is 3.67. The van der Waals surface area contributed by atoms with Crippen LogP contribution in [0.25, 0.3) is 0 Å². The first-order chi connectivity index (χ1) is 9.72. The van der Waals surface area contributed by atoms with Crippen LogP contribution < -0.4 is 0 Å². The number of nitrogens with zero attached hydrogens (tertiary/aromatic N) is 1. The number of amides is 1. The Morgan fingerprint density at radius 3 is 2.75 bits per heavy atom. The van der Waals surface area contributed by atoms with Gasteiger partial charge in [-0.2, -0.15) is 0 Å². The molecule has 0 saturated carbocycles.